The van der Waals surface area contributed by atoms with Crippen molar-refractivity contribution >= 4 is 11.9 Å². The van der Waals surface area contributed by atoms with E-state index in [1.807, 2.05) is 12.1 Å². The minimum Gasteiger partial charge on any atom is -0.481 e. The van der Waals surface area contributed by atoms with Crippen molar-refractivity contribution in [1.82, 2.24) is 0 Å². The lowest BCUT2D eigenvalue weighted by atomic mass is 9.35. The Balaban J connectivity index is 1.30. The van der Waals surface area contributed by atoms with E-state index in [2.05, 4.69) is 33.8 Å². The third-order valence-corrected chi connectivity index (χ3v) is 13.5. The van der Waals surface area contributed by atoms with Crippen LogP contribution in [0.2, 0.25) is 0 Å². The summed E-state index contributed by atoms with van der Waals surface area (Å²) in [5.74, 6) is 2.01. The monoisotopic (exact) mass is 506 g/mol. The molecule has 5 aliphatic rings. The number of aromatic carboxylic acids is 1. The highest BCUT2D eigenvalue weighted by atomic mass is 16.4. The molecule has 9 atom stereocenters. The Morgan fingerprint density at radius 2 is 1.54 bits per heavy atom. The van der Waals surface area contributed by atoms with E-state index in [1.165, 1.54) is 37.7 Å². The Bertz CT molecular complexity index is 1110. The Labute approximate surface area is 222 Å². The minimum atomic E-state index is -0.841. The molecule has 1 aromatic carbocycles. The van der Waals surface area contributed by atoms with Gasteiger partial charge >= 0.3 is 11.9 Å². The Morgan fingerprint density at radius 3 is 2.27 bits per heavy atom. The summed E-state index contributed by atoms with van der Waals surface area (Å²) >= 11 is 0. The number of hydrogen-bond acceptors (Lipinski definition) is 2. The molecular weight excluding hydrogens is 460 g/mol. The van der Waals surface area contributed by atoms with Crippen LogP contribution in [0.5, 0.6) is 0 Å². The van der Waals surface area contributed by atoms with Gasteiger partial charge in [-0.15, -0.1) is 0 Å². The summed E-state index contributed by atoms with van der Waals surface area (Å²) in [6.07, 6.45) is 12.4. The fourth-order valence-corrected chi connectivity index (χ4v) is 12.1. The van der Waals surface area contributed by atoms with Gasteiger partial charge in [0.2, 0.25) is 0 Å². The maximum Gasteiger partial charge on any atom is 0.335 e. The second-order valence-corrected chi connectivity index (χ2v) is 14.8. The fraction of sp³-hybridized carbons (Fsp3) is 0.758. The van der Waals surface area contributed by atoms with E-state index >= 15 is 0 Å². The Hall–Kier alpha value is -1.84. The van der Waals surface area contributed by atoms with Gasteiger partial charge in [0, 0.05) is 0 Å². The van der Waals surface area contributed by atoms with Crippen molar-refractivity contribution in [3.05, 3.63) is 35.4 Å². The molecule has 37 heavy (non-hydrogen) atoms. The number of aliphatic carboxylic acids is 1. The number of carbonyl (C=O) groups is 2. The van der Waals surface area contributed by atoms with E-state index in [0.29, 0.717) is 51.9 Å². The average Bonchev–Trinajstić information content (AvgIpc) is 3.30. The van der Waals surface area contributed by atoms with E-state index in [1.54, 1.807) is 6.07 Å². The first-order chi connectivity index (χ1) is 17.4. The summed E-state index contributed by atoms with van der Waals surface area (Å²) in [5.41, 5.74) is 1.88. The smallest absolute Gasteiger partial charge is 0.335 e. The van der Waals surface area contributed by atoms with E-state index in [9.17, 15) is 19.8 Å². The molecule has 0 aliphatic heterocycles. The van der Waals surface area contributed by atoms with Crippen LogP contribution in [-0.4, -0.2) is 22.2 Å². The normalized spacial score (nSPS) is 46.2. The number of fused-ring (bicyclic) bond motifs is 7. The van der Waals surface area contributed by atoms with Crippen molar-refractivity contribution in [2.24, 2.45) is 51.2 Å². The maximum atomic E-state index is 12.5. The third-order valence-electron chi connectivity index (χ3n) is 13.5. The number of hydrogen-bond donors (Lipinski definition) is 2. The first kappa shape index (κ1) is 25.4. The van der Waals surface area contributed by atoms with Crippen LogP contribution in [-0.2, 0) is 4.79 Å². The molecule has 5 aliphatic carbocycles. The molecule has 5 fully saturated rings. The van der Waals surface area contributed by atoms with E-state index < -0.39 is 17.4 Å². The summed E-state index contributed by atoms with van der Waals surface area (Å²) in [5, 5.41) is 19.9. The number of benzene rings is 1. The third kappa shape index (κ3) is 3.39. The van der Waals surface area contributed by atoms with Crippen molar-refractivity contribution in [3.63, 3.8) is 0 Å². The van der Waals surface area contributed by atoms with E-state index in [-0.39, 0.29) is 5.41 Å². The van der Waals surface area contributed by atoms with Crippen LogP contribution in [0.1, 0.15) is 120 Å². The molecule has 6 rings (SSSR count). The molecule has 0 radical (unpaired) electrons. The SMILES string of the molecule is CC1(C)C(c2cccc(C(=O)O)c2)CCC2(C)C1CCC1(C)C3CCC4(C(=O)O)CCCC4C3CCC12. The van der Waals surface area contributed by atoms with Crippen molar-refractivity contribution < 1.29 is 19.8 Å². The van der Waals surface area contributed by atoms with Crippen LogP contribution in [0.4, 0.5) is 0 Å². The van der Waals surface area contributed by atoms with Gasteiger partial charge in [0.1, 0.15) is 0 Å². The molecule has 2 N–H and O–H groups in total. The van der Waals surface area contributed by atoms with Crippen molar-refractivity contribution in [2.45, 2.75) is 104 Å². The number of rotatable bonds is 3. The van der Waals surface area contributed by atoms with Crippen molar-refractivity contribution in [2.75, 3.05) is 0 Å². The molecule has 1 aromatic rings. The van der Waals surface area contributed by atoms with Gasteiger partial charge in [-0.25, -0.2) is 4.79 Å². The summed E-state index contributed by atoms with van der Waals surface area (Å²) in [7, 11) is 0. The van der Waals surface area contributed by atoms with Gasteiger partial charge < -0.3 is 10.2 Å². The number of carboxylic acids is 2. The van der Waals surface area contributed by atoms with E-state index in [0.717, 1.165) is 38.5 Å². The first-order valence-corrected chi connectivity index (χ1v) is 15.0. The second kappa shape index (κ2) is 8.33. The highest BCUT2D eigenvalue weighted by Crippen LogP contribution is 2.74. The zero-order chi connectivity index (χ0) is 26.4. The molecular formula is C33H46O4. The lowest BCUT2D eigenvalue weighted by molar-refractivity contribution is -0.203. The molecule has 0 aromatic heterocycles. The van der Waals surface area contributed by atoms with E-state index in [4.69, 9.17) is 0 Å². The van der Waals surface area contributed by atoms with Crippen molar-refractivity contribution in [3.8, 4) is 0 Å². The van der Waals surface area contributed by atoms with Gasteiger partial charge in [0.25, 0.3) is 0 Å². The predicted molar refractivity (Wildman–Crippen MR) is 144 cm³/mol. The second-order valence-electron chi connectivity index (χ2n) is 14.8. The lowest BCUT2D eigenvalue weighted by Gasteiger charge is -2.69. The Kier molecular flexibility index (Phi) is 5.73. The summed E-state index contributed by atoms with van der Waals surface area (Å²) in [4.78, 5) is 24.2. The van der Waals surface area contributed by atoms with Crippen LogP contribution in [0.15, 0.2) is 24.3 Å². The molecule has 4 heteroatoms. The quantitative estimate of drug-likeness (QED) is 0.435. The highest BCUT2D eigenvalue weighted by molar-refractivity contribution is 5.87. The van der Waals surface area contributed by atoms with Gasteiger partial charge in [0.15, 0.2) is 0 Å². The fourth-order valence-electron chi connectivity index (χ4n) is 12.1. The molecule has 202 valence electrons. The molecule has 5 saturated carbocycles. The molecule has 0 spiro atoms. The molecule has 0 bridgehead atoms. The van der Waals surface area contributed by atoms with Crippen LogP contribution in [0.25, 0.3) is 0 Å². The highest BCUT2D eigenvalue weighted by Gasteiger charge is 2.67. The lowest BCUT2D eigenvalue weighted by Crippen LogP contribution is -2.62. The minimum absolute atomic E-state index is 0.110. The summed E-state index contributed by atoms with van der Waals surface area (Å²) in [6, 6.07) is 7.71. The Morgan fingerprint density at radius 1 is 0.784 bits per heavy atom. The van der Waals surface area contributed by atoms with Crippen LogP contribution < -0.4 is 0 Å². The van der Waals surface area contributed by atoms with Gasteiger partial charge in [-0.2, -0.15) is 0 Å². The first-order valence-electron chi connectivity index (χ1n) is 15.0. The molecule has 9 unspecified atom stereocenters. The zero-order valence-electron chi connectivity index (χ0n) is 23.3. The van der Waals surface area contributed by atoms with Gasteiger partial charge in [-0.05, 0) is 134 Å². The molecule has 0 saturated heterocycles. The van der Waals surface area contributed by atoms with Crippen LogP contribution >= 0.6 is 0 Å². The van der Waals surface area contributed by atoms with Gasteiger partial charge in [0.05, 0.1) is 11.0 Å². The molecule has 0 amide bonds. The molecule has 0 heterocycles. The summed E-state index contributed by atoms with van der Waals surface area (Å²) in [6.45, 7) is 10.1. The van der Waals surface area contributed by atoms with Crippen molar-refractivity contribution in [1.29, 1.82) is 0 Å². The predicted octanol–water partition coefficient (Wildman–Crippen LogP) is 8.02. The van der Waals surface area contributed by atoms with Gasteiger partial charge in [-0.3, -0.25) is 4.79 Å². The topological polar surface area (TPSA) is 74.6 Å². The van der Waals surface area contributed by atoms with Crippen LogP contribution in [0.3, 0.4) is 0 Å². The average molecular weight is 507 g/mol. The summed E-state index contributed by atoms with van der Waals surface area (Å²) < 4.78 is 0. The zero-order valence-corrected chi connectivity index (χ0v) is 23.3. The standard InChI is InChI=1S/C33H46O4/c1-30(2)23(20-7-5-8-21(19-20)28(34)35)12-16-32(4)26(30)14-17-31(3)24-13-18-33(29(36)37)15-6-9-25(33)22(24)10-11-27(31)32/h5,7-8,19,22-27H,6,9-18H2,1-4H3,(H,34,35)(H,36,37). The van der Waals surface area contributed by atoms with Gasteiger partial charge in [-0.1, -0.05) is 46.2 Å². The van der Waals surface area contributed by atoms with Crippen LogP contribution in [0, 0.1) is 51.2 Å². The maximum absolute atomic E-state index is 12.5. The molecule has 4 nitrogen and oxygen atoms in total. The number of carboxylic acid groups (broad SMARTS) is 2. The largest absolute Gasteiger partial charge is 0.481 e.